The summed E-state index contributed by atoms with van der Waals surface area (Å²) in [6.07, 6.45) is 9.08. The van der Waals surface area contributed by atoms with E-state index in [2.05, 4.69) is 67.5 Å². The van der Waals surface area contributed by atoms with Crippen LogP contribution >= 0.6 is 0 Å². The quantitative estimate of drug-likeness (QED) is 0.325. The molecule has 0 fully saturated rings. The second-order valence-electron chi connectivity index (χ2n) is 8.48. The minimum absolute atomic E-state index is 0.332. The van der Waals surface area contributed by atoms with Gasteiger partial charge in [0.2, 0.25) is 0 Å². The number of nitrogens with one attached hydrogen (secondary N) is 3. The predicted octanol–water partition coefficient (Wildman–Crippen LogP) is 5.45. The normalized spacial score (nSPS) is 11.5. The minimum Gasteiger partial charge on any atom is -0.382 e. The molecule has 0 amide bonds. The maximum absolute atomic E-state index is 4.88. The van der Waals surface area contributed by atoms with Gasteiger partial charge in [0, 0.05) is 59.1 Å². The van der Waals surface area contributed by atoms with Crippen molar-refractivity contribution in [2.45, 2.75) is 19.9 Å². The molecule has 34 heavy (non-hydrogen) atoms. The van der Waals surface area contributed by atoms with Gasteiger partial charge in [-0.1, -0.05) is 12.1 Å². The third-order valence-electron chi connectivity index (χ3n) is 5.67. The summed E-state index contributed by atoms with van der Waals surface area (Å²) in [4.78, 5) is 21.4. The van der Waals surface area contributed by atoms with Crippen molar-refractivity contribution in [1.29, 1.82) is 0 Å². The molecule has 0 aliphatic rings. The van der Waals surface area contributed by atoms with E-state index in [-0.39, 0.29) is 0 Å². The van der Waals surface area contributed by atoms with Gasteiger partial charge in [0.15, 0.2) is 11.5 Å². The first kappa shape index (κ1) is 20.0. The summed E-state index contributed by atoms with van der Waals surface area (Å²) in [7, 11) is 0. The van der Waals surface area contributed by atoms with E-state index in [1.54, 1.807) is 12.4 Å². The number of aromatic amines is 2. The molecule has 3 N–H and O–H groups in total. The Balaban J connectivity index is 1.45. The van der Waals surface area contributed by atoms with Gasteiger partial charge in [0.1, 0.15) is 11.2 Å². The van der Waals surface area contributed by atoms with E-state index in [9.17, 15) is 0 Å². The maximum atomic E-state index is 4.88. The molecule has 5 heterocycles. The van der Waals surface area contributed by atoms with Crippen LogP contribution in [0.15, 0.2) is 73.4 Å². The molecule has 0 bridgehead atoms. The van der Waals surface area contributed by atoms with Crippen LogP contribution in [0.5, 0.6) is 0 Å². The summed E-state index contributed by atoms with van der Waals surface area (Å²) >= 11 is 0. The number of H-pyrrole nitrogens is 2. The van der Waals surface area contributed by atoms with Gasteiger partial charge < -0.3 is 10.3 Å². The van der Waals surface area contributed by atoms with E-state index >= 15 is 0 Å². The summed E-state index contributed by atoms with van der Waals surface area (Å²) in [5, 5.41) is 12.1. The summed E-state index contributed by atoms with van der Waals surface area (Å²) in [6, 6.07) is 14.6. The highest BCUT2D eigenvalue weighted by atomic mass is 15.1. The van der Waals surface area contributed by atoms with Gasteiger partial charge in [-0.15, -0.1) is 0 Å². The van der Waals surface area contributed by atoms with Crippen molar-refractivity contribution in [3.05, 3.63) is 73.4 Å². The lowest BCUT2D eigenvalue weighted by atomic mass is 10.0. The number of anilines is 1. The first-order chi connectivity index (χ1) is 16.7. The Hall–Kier alpha value is -4.59. The summed E-state index contributed by atoms with van der Waals surface area (Å²) in [6.45, 7) is 4.22. The molecule has 0 aliphatic carbocycles. The van der Waals surface area contributed by atoms with Crippen molar-refractivity contribution in [2.24, 2.45) is 0 Å². The average molecular weight is 447 g/mol. The Morgan fingerprint density at radius 2 is 1.79 bits per heavy atom. The Morgan fingerprint density at radius 1 is 0.882 bits per heavy atom. The van der Waals surface area contributed by atoms with E-state index in [0.717, 1.165) is 50.1 Å². The number of rotatable bonds is 5. The summed E-state index contributed by atoms with van der Waals surface area (Å²) < 4.78 is 0. The molecule has 0 atom stereocenters. The SMILES string of the molecule is CC(C)Nc1cncc(-c2ccc3[nH]nc(-c4nc5c(-c6cccnc6)ccnc5[nH]4)c3c2)c1. The Labute approximate surface area is 195 Å². The largest absolute Gasteiger partial charge is 0.382 e. The molecule has 0 saturated carbocycles. The molecule has 166 valence electrons. The van der Waals surface area contributed by atoms with Gasteiger partial charge >= 0.3 is 0 Å². The van der Waals surface area contributed by atoms with Crippen LogP contribution in [0.25, 0.3) is 55.8 Å². The third-order valence-corrected chi connectivity index (χ3v) is 5.67. The molecule has 5 aromatic heterocycles. The number of hydrogen-bond donors (Lipinski definition) is 3. The van der Waals surface area contributed by atoms with Crippen molar-refractivity contribution in [1.82, 2.24) is 35.1 Å². The fourth-order valence-corrected chi connectivity index (χ4v) is 4.16. The van der Waals surface area contributed by atoms with Crippen LogP contribution in [0.3, 0.4) is 0 Å². The highest BCUT2D eigenvalue weighted by Gasteiger charge is 2.16. The molecular formula is C26H22N8. The molecule has 0 saturated heterocycles. The van der Waals surface area contributed by atoms with Crippen molar-refractivity contribution in [2.75, 3.05) is 5.32 Å². The lowest BCUT2D eigenvalue weighted by Gasteiger charge is -2.11. The summed E-state index contributed by atoms with van der Waals surface area (Å²) in [5.74, 6) is 0.663. The van der Waals surface area contributed by atoms with Crippen molar-refractivity contribution < 1.29 is 0 Å². The number of imidazole rings is 1. The van der Waals surface area contributed by atoms with Gasteiger partial charge in [-0.2, -0.15) is 5.10 Å². The highest BCUT2D eigenvalue weighted by Crippen LogP contribution is 2.32. The van der Waals surface area contributed by atoms with E-state index in [4.69, 9.17) is 4.98 Å². The van der Waals surface area contributed by atoms with Gasteiger partial charge in [-0.05, 0) is 49.7 Å². The van der Waals surface area contributed by atoms with E-state index < -0.39 is 0 Å². The Kier molecular flexibility index (Phi) is 4.76. The van der Waals surface area contributed by atoms with Crippen molar-refractivity contribution >= 4 is 27.8 Å². The van der Waals surface area contributed by atoms with Gasteiger partial charge in [0.05, 0.1) is 11.2 Å². The maximum Gasteiger partial charge on any atom is 0.160 e. The van der Waals surface area contributed by atoms with E-state index in [1.807, 2.05) is 42.9 Å². The van der Waals surface area contributed by atoms with Crippen LogP contribution in [0, 0.1) is 0 Å². The number of nitrogens with zero attached hydrogens (tertiary/aromatic N) is 5. The molecule has 8 heteroatoms. The molecule has 0 radical (unpaired) electrons. The lowest BCUT2D eigenvalue weighted by Crippen LogP contribution is -2.09. The topological polar surface area (TPSA) is 108 Å². The average Bonchev–Trinajstić information content (AvgIpc) is 3.48. The molecule has 6 rings (SSSR count). The van der Waals surface area contributed by atoms with Gasteiger partial charge in [0.25, 0.3) is 0 Å². The van der Waals surface area contributed by atoms with Gasteiger partial charge in [-0.3, -0.25) is 15.1 Å². The second kappa shape index (κ2) is 8.08. The van der Waals surface area contributed by atoms with Crippen LogP contribution in [-0.2, 0) is 0 Å². The molecule has 0 spiro atoms. The highest BCUT2D eigenvalue weighted by molar-refractivity contribution is 5.97. The zero-order chi connectivity index (χ0) is 23.1. The monoisotopic (exact) mass is 446 g/mol. The number of pyridine rings is 3. The Bertz CT molecular complexity index is 1610. The standard InChI is InChI=1S/C26H22N8/c1-15(2)30-19-10-18(13-28-14-19)16-5-6-22-21(11-16)24(34-33-22)26-31-23-20(7-9-29-25(23)32-26)17-4-3-8-27-12-17/h3-15,30H,1-2H3,(H,33,34)(H,29,31,32). The Morgan fingerprint density at radius 3 is 2.65 bits per heavy atom. The fourth-order valence-electron chi connectivity index (χ4n) is 4.16. The third kappa shape index (κ3) is 3.55. The van der Waals surface area contributed by atoms with Gasteiger partial charge in [-0.25, -0.2) is 9.97 Å². The van der Waals surface area contributed by atoms with Crippen LogP contribution < -0.4 is 5.32 Å². The molecule has 0 unspecified atom stereocenters. The predicted molar refractivity (Wildman–Crippen MR) is 134 cm³/mol. The number of benzene rings is 1. The van der Waals surface area contributed by atoms with E-state index in [0.29, 0.717) is 17.5 Å². The number of fused-ring (bicyclic) bond motifs is 2. The van der Waals surface area contributed by atoms with Crippen molar-refractivity contribution in [3.63, 3.8) is 0 Å². The molecule has 1 aromatic carbocycles. The fraction of sp³-hybridized carbons (Fsp3) is 0.115. The molecule has 8 nitrogen and oxygen atoms in total. The van der Waals surface area contributed by atoms with E-state index in [1.165, 1.54) is 0 Å². The minimum atomic E-state index is 0.332. The first-order valence-electron chi connectivity index (χ1n) is 11.1. The number of hydrogen-bond acceptors (Lipinski definition) is 6. The van der Waals surface area contributed by atoms with Crippen LogP contribution in [-0.4, -0.2) is 41.2 Å². The molecular weight excluding hydrogens is 424 g/mol. The van der Waals surface area contributed by atoms with Crippen LogP contribution in [0.4, 0.5) is 5.69 Å². The second-order valence-corrected chi connectivity index (χ2v) is 8.48. The number of aromatic nitrogens is 7. The molecule has 6 aromatic rings. The van der Waals surface area contributed by atoms with Crippen molar-refractivity contribution in [3.8, 4) is 33.8 Å². The smallest absolute Gasteiger partial charge is 0.160 e. The first-order valence-corrected chi connectivity index (χ1v) is 11.1. The zero-order valence-corrected chi connectivity index (χ0v) is 18.7. The van der Waals surface area contributed by atoms with Crippen LogP contribution in [0.2, 0.25) is 0 Å². The molecule has 0 aliphatic heterocycles. The summed E-state index contributed by atoms with van der Waals surface area (Å²) in [5.41, 5.74) is 8.22. The van der Waals surface area contributed by atoms with Crippen LogP contribution in [0.1, 0.15) is 13.8 Å². The zero-order valence-electron chi connectivity index (χ0n) is 18.7. The lowest BCUT2D eigenvalue weighted by molar-refractivity contribution is 0.898.